The Morgan fingerprint density at radius 3 is 2.52 bits per heavy atom. The summed E-state index contributed by atoms with van der Waals surface area (Å²) in [6.45, 7) is 4.18. The van der Waals surface area contributed by atoms with Crippen LogP contribution in [0.1, 0.15) is 44.7 Å². The zero-order valence-corrected chi connectivity index (χ0v) is 14.8. The van der Waals surface area contributed by atoms with Gasteiger partial charge in [-0.2, -0.15) is 0 Å². The van der Waals surface area contributed by atoms with E-state index in [-0.39, 0.29) is 31.8 Å². The minimum atomic E-state index is -2.60. The van der Waals surface area contributed by atoms with Crippen molar-refractivity contribution < 1.29 is 13.6 Å². The lowest BCUT2D eigenvalue weighted by atomic mass is 9.92. The Hall–Kier alpha value is -1.79. The van der Waals surface area contributed by atoms with Gasteiger partial charge in [0.2, 0.25) is 5.91 Å². The second-order valence-corrected chi connectivity index (χ2v) is 7.09. The van der Waals surface area contributed by atoms with Crippen molar-refractivity contribution in [2.24, 2.45) is 5.92 Å². The number of anilines is 1. The number of halogens is 2. The fraction of sp³-hybridized carbons (Fsp3) is 0.722. The monoisotopic (exact) mass is 352 g/mol. The number of nitrogens with zero attached hydrogens (tertiary/aromatic N) is 4. The summed E-state index contributed by atoms with van der Waals surface area (Å²) in [4.78, 5) is 24.8. The molecule has 5 nitrogen and oxygen atoms in total. The van der Waals surface area contributed by atoms with Gasteiger partial charge in [-0.05, 0) is 25.2 Å². The van der Waals surface area contributed by atoms with Gasteiger partial charge in [0.25, 0.3) is 5.92 Å². The normalized spacial score (nSPS) is 21.4. The molecule has 138 valence electrons. The predicted octanol–water partition coefficient (Wildman–Crippen LogP) is 2.90. The Bertz CT molecular complexity index is 592. The number of alkyl halides is 2. The molecule has 3 rings (SSSR count). The van der Waals surface area contributed by atoms with Crippen molar-refractivity contribution >= 4 is 11.7 Å². The number of aryl methyl sites for hydroxylation is 1. The molecule has 0 spiro atoms. The highest BCUT2D eigenvalue weighted by Gasteiger charge is 2.36. The van der Waals surface area contributed by atoms with Gasteiger partial charge in [0.05, 0.1) is 0 Å². The van der Waals surface area contributed by atoms with E-state index in [0.29, 0.717) is 12.3 Å². The van der Waals surface area contributed by atoms with Crippen LogP contribution >= 0.6 is 0 Å². The third-order valence-electron chi connectivity index (χ3n) is 5.32. The molecule has 0 saturated carbocycles. The van der Waals surface area contributed by atoms with Gasteiger partial charge >= 0.3 is 0 Å². The smallest absolute Gasteiger partial charge is 0.251 e. The average molecular weight is 352 g/mol. The van der Waals surface area contributed by atoms with E-state index >= 15 is 0 Å². The van der Waals surface area contributed by atoms with Gasteiger partial charge in [-0.3, -0.25) is 4.79 Å². The molecule has 0 bridgehead atoms. The summed E-state index contributed by atoms with van der Waals surface area (Å²) in [5, 5.41) is 0. The number of likely N-dealkylation sites (tertiary alicyclic amines) is 1. The molecule has 1 aromatic heterocycles. The topological polar surface area (TPSA) is 49.3 Å². The minimum Gasteiger partial charge on any atom is -0.356 e. The van der Waals surface area contributed by atoms with E-state index in [2.05, 4.69) is 21.8 Å². The van der Waals surface area contributed by atoms with Crippen LogP contribution in [0.15, 0.2) is 12.4 Å². The van der Waals surface area contributed by atoms with E-state index in [1.165, 1.54) is 0 Å². The van der Waals surface area contributed by atoms with Gasteiger partial charge in [0, 0.05) is 57.2 Å². The summed E-state index contributed by atoms with van der Waals surface area (Å²) in [6.07, 6.45) is 4.42. The van der Waals surface area contributed by atoms with Gasteiger partial charge in [-0.1, -0.05) is 6.92 Å². The minimum absolute atomic E-state index is 0.0317. The highest BCUT2D eigenvalue weighted by atomic mass is 19.3. The third kappa shape index (κ3) is 4.64. The van der Waals surface area contributed by atoms with E-state index < -0.39 is 5.92 Å². The summed E-state index contributed by atoms with van der Waals surface area (Å²) < 4.78 is 26.4. The fourth-order valence-corrected chi connectivity index (χ4v) is 3.58. The number of carbonyl (C=O) groups excluding carboxylic acids is 1. The molecule has 3 heterocycles. The van der Waals surface area contributed by atoms with E-state index in [9.17, 15) is 13.6 Å². The maximum absolute atomic E-state index is 13.2. The number of piperidine rings is 2. The summed E-state index contributed by atoms with van der Waals surface area (Å²) in [6, 6.07) is 2.03. The molecule has 2 aliphatic heterocycles. The van der Waals surface area contributed by atoms with Crippen LogP contribution in [-0.4, -0.2) is 52.9 Å². The van der Waals surface area contributed by atoms with Crippen molar-refractivity contribution in [1.29, 1.82) is 0 Å². The quantitative estimate of drug-likeness (QED) is 0.836. The molecule has 1 amide bonds. The molecule has 1 aromatic rings. The standard InChI is InChI=1S/C18H26F2N4O/c1-2-15-12-16(22-13-21-15)23-7-3-14(4-8-23)11-17(25)24-9-5-18(19,20)6-10-24/h12-14H,2-11H2,1H3. The SMILES string of the molecule is CCc1cc(N2CCC(CC(=O)N3CCC(F)(F)CC3)CC2)ncn1. The molecule has 0 radical (unpaired) electrons. The predicted molar refractivity (Wildman–Crippen MR) is 91.7 cm³/mol. The summed E-state index contributed by atoms with van der Waals surface area (Å²) in [7, 11) is 0. The van der Waals surface area contributed by atoms with Crippen LogP contribution in [0.4, 0.5) is 14.6 Å². The zero-order valence-electron chi connectivity index (χ0n) is 14.8. The van der Waals surface area contributed by atoms with Crippen LogP contribution in [0.25, 0.3) is 0 Å². The van der Waals surface area contributed by atoms with Crippen LogP contribution < -0.4 is 4.90 Å². The van der Waals surface area contributed by atoms with E-state index in [1.807, 2.05) is 6.07 Å². The first-order valence-electron chi connectivity index (χ1n) is 9.18. The molecule has 25 heavy (non-hydrogen) atoms. The molecule has 2 fully saturated rings. The number of carbonyl (C=O) groups is 1. The van der Waals surface area contributed by atoms with Crippen molar-refractivity contribution in [3.05, 3.63) is 18.1 Å². The van der Waals surface area contributed by atoms with E-state index in [1.54, 1.807) is 11.2 Å². The summed E-state index contributed by atoms with van der Waals surface area (Å²) in [5.41, 5.74) is 1.03. The first-order chi connectivity index (χ1) is 12.0. The maximum Gasteiger partial charge on any atom is 0.251 e. The Labute approximate surface area is 147 Å². The molecular weight excluding hydrogens is 326 g/mol. The highest BCUT2D eigenvalue weighted by molar-refractivity contribution is 5.76. The Balaban J connectivity index is 1.47. The number of amides is 1. The first kappa shape index (κ1) is 18.0. The maximum atomic E-state index is 13.2. The first-order valence-corrected chi connectivity index (χ1v) is 9.18. The highest BCUT2D eigenvalue weighted by Crippen LogP contribution is 2.29. The largest absolute Gasteiger partial charge is 0.356 e. The zero-order chi connectivity index (χ0) is 17.9. The van der Waals surface area contributed by atoms with Gasteiger partial charge in [0.15, 0.2) is 0 Å². The second kappa shape index (κ2) is 7.62. The Morgan fingerprint density at radius 2 is 1.88 bits per heavy atom. The molecule has 2 saturated heterocycles. The second-order valence-electron chi connectivity index (χ2n) is 7.09. The molecule has 0 unspecified atom stereocenters. The van der Waals surface area contributed by atoms with Crippen molar-refractivity contribution in [1.82, 2.24) is 14.9 Å². The molecule has 0 aliphatic carbocycles. The third-order valence-corrected chi connectivity index (χ3v) is 5.32. The number of hydrogen-bond acceptors (Lipinski definition) is 4. The molecule has 2 aliphatic rings. The summed E-state index contributed by atoms with van der Waals surface area (Å²) >= 11 is 0. The molecule has 0 N–H and O–H groups in total. The van der Waals surface area contributed by atoms with Gasteiger partial charge in [-0.15, -0.1) is 0 Å². The number of rotatable bonds is 4. The molecule has 7 heteroatoms. The summed E-state index contributed by atoms with van der Waals surface area (Å²) in [5.74, 6) is -1.28. The van der Waals surface area contributed by atoms with Gasteiger partial charge in [-0.25, -0.2) is 18.7 Å². The number of aromatic nitrogens is 2. The van der Waals surface area contributed by atoms with Gasteiger partial charge in [0.1, 0.15) is 12.1 Å². The van der Waals surface area contributed by atoms with Gasteiger partial charge < -0.3 is 9.80 Å². The van der Waals surface area contributed by atoms with Crippen molar-refractivity contribution in [3.63, 3.8) is 0 Å². The van der Waals surface area contributed by atoms with Crippen molar-refractivity contribution in [2.75, 3.05) is 31.1 Å². The molecule has 0 atom stereocenters. The van der Waals surface area contributed by atoms with Crippen LogP contribution in [0.2, 0.25) is 0 Å². The van der Waals surface area contributed by atoms with Crippen LogP contribution in [0, 0.1) is 5.92 Å². The lowest BCUT2D eigenvalue weighted by Crippen LogP contribution is -2.44. The van der Waals surface area contributed by atoms with Crippen LogP contribution in [-0.2, 0) is 11.2 Å². The lowest BCUT2D eigenvalue weighted by Gasteiger charge is -2.35. The van der Waals surface area contributed by atoms with Crippen LogP contribution in [0.5, 0.6) is 0 Å². The fourth-order valence-electron chi connectivity index (χ4n) is 3.58. The molecular formula is C18H26F2N4O. The van der Waals surface area contributed by atoms with Crippen LogP contribution in [0.3, 0.4) is 0 Å². The van der Waals surface area contributed by atoms with E-state index in [4.69, 9.17) is 0 Å². The lowest BCUT2D eigenvalue weighted by molar-refractivity contribution is -0.138. The molecule has 0 aromatic carbocycles. The number of hydrogen-bond donors (Lipinski definition) is 0. The van der Waals surface area contributed by atoms with Crippen molar-refractivity contribution in [2.45, 2.75) is 51.4 Å². The average Bonchev–Trinajstić information content (AvgIpc) is 2.62. The van der Waals surface area contributed by atoms with E-state index in [0.717, 1.165) is 43.9 Å². The Kier molecular flexibility index (Phi) is 5.49. The Morgan fingerprint density at radius 1 is 1.20 bits per heavy atom. The van der Waals surface area contributed by atoms with Crippen molar-refractivity contribution in [3.8, 4) is 0 Å².